The number of aliphatic hydroxyl groups is 1. The topological polar surface area (TPSA) is 36.4 Å². The number of aliphatic hydroxyl groups excluding tert-OH is 1. The lowest BCUT2D eigenvalue weighted by molar-refractivity contribution is 0.280. The van der Waals surface area contributed by atoms with E-state index in [-0.39, 0.29) is 6.61 Å². The highest BCUT2D eigenvalue weighted by molar-refractivity contribution is 5.44. The number of aryl methyl sites for hydroxylation is 1. The lowest BCUT2D eigenvalue weighted by atomic mass is 10.1. The highest BCUT2D eigenvalue weighted by Crippen LogP contribution is 2.39. The molecule has 1 saturated heterocycles. The van der Waals surface area contributed by atoms with Crippen molar-refractivity contribution in [1.82, 2.24) is 4.98 Å². The van der Waals surface area contributed by atoms with Crippen LogP contribution in [0.25, 0.3) is 0 Å². The van der Waals surface area contributed by atoms with Crippen molar-refractivity contribution < 1.29 is 5.11 Å². The minimum absolute atomic E-state index is 0.0885. The molecular weight excluding hydrogens is 200 g/mol. The van der Waals surface area contributed by atoms with E-state index in [2.05, 4.69) is 16.0 Å². The molecule has 3 nitrogen and oxygen atoms in total. The molecule has 2 atom stereocenters. The summed E-state index contributed by atoms with van der Waals surface area (Å²) in [6, 6.07) is 4.78. The molecule has 0 spiro atoms. The summed E-state index contributed by atoms with van der Waals surface area (Å²) in [4.78, 5) is 7.06. The van der Waals surface area contributed by atoms with Crippen LogP contribution in [0.2, 0.25) is 0 Å². The molecule has 3 heteroatoms. The van der Waals surface area contributed by atoms with E-state index in [1.807, 2.05) is 13.0 Å². The van der Waals surface area contributed by atoms with Gasteiger partial charge in [-0.2, -0.15) is 0 Å². The molecule has 0 amide bonds. The van der Waals surface area contributed by atoms with Crippen LogP contribution in [0.4, 0.5) is 5.82 Å². The first kappa shape index (κ1) is 10.1. The van der Waals surface area contributed by atoms with Gasteiger partial charge in [0, 0.05) is 18.3 Å². The molecule has 2 bridgehead atoms. The predicted molar refractivity (Wildman–Crippen MR) is 63.4 cm³/mol. The van der Waals surface area contributed by atoms with E-state index < -0.39 is 0 Å². The van der Waals surface area contributed by atoms with Gasteiger partial charge in [0.2, 0.25) is 0 Å². The van der Waals surface area contributed by atoms with Gasteiger partial charge in [0.25, 0.3) is 0 Å². The maximum Gasteiger partial charge on any atom is 0.129 e. The Labute approximate surface area is 96.1 Å². The van der Waals surface area contributed by atoms with Crippen LogP contribution in [-0.2, 0) is 6.61 Å². The Morgan fingerprint density at radius 1 is 1.44 bits per heavy atom. The fraction of sp³-hybridized carbons (Fsp3) is 0.615. The van der Waals surface area contributed by atoms with Crippen LogP contribution in [0.15, 0.2) is 12.1 Å². The van der Waals surface area contributed by atoms with Crippen molar-refractivity contribution in [2.75, 3.05) is 11.4 Å². The third kappa shape index (κ3) is 1.50. The molecule has 0 radical (unpaired) electrons. The van der Waals surface area contributed by atoms with Crippen molar-refractivity contribution in [3.8, 4) is 0 Å². The van der Waals surface area contributed by atoms with Crippen LogP contribution in [0.1, 0.15) is 30.5 Å². The first-order chi connectivity index (χ1) is 7.78. The third-order valence-electron chi connectivity index (χ3n) is 4.05. The van der Waals surface area contributed by atoms with Crippen LogP contribution >= 0.6 is 0 Å². The Kier molecular flexibility index (Phi) is 2.36. The van der Waals surface area contributed by atoms with E-state index >= 15 is 0 Å². The Bertz CT molecular complexity index is 405. The number of rotatable bonds is 2. The van der Waals surface area contributed by atoms with Gasteiger partial charge < -0.3 is 10.0 Å². The first-order valence-corrected chi connectivity index (χ1v) is 6.12. The van der Waals surface area contributed by atoms with Gasteiger partial charge in [-0.25, -0.2) is 4.98 Å². The summed E-state index contributed by atoms with van der Waals surface area (Å²) in [6.45, 7) is 3.24. The fourth-order valence-corrected chi connectivity index (χ4v) is 3.11. The Morgan fingerprint density at radius 3 is 2.88 bits per heavy atom. The summed E-state index contributed by atoms with van der Waals surface area (Å²) in [5.41, 5.74) is 1.90. The maximum absolute atomic E-state index is 9.13. The smallest absolute Gasteiger partial charge is 0.129 e. The van der Waals surface area contributed by atoms with Crippen molar-refractivity contribution in [3.63, 3.8) is 0 Å². The van der Waals surface area contributed by atoms with Gasteiger partial charge in [0.15, 0.2) is 0 Å². The van der Waals surface area contributed by atoms with Crippen molar-refractivity contribution in [3.05, 3.63) is 23.4 Å². The molecular formula is C13H18N2O. The van der Waals surface area contributed by atoms with Gasteiger partial charge in [-0.1, -0.05) is 6.07 Å². The zero-order valence-corrected chi connectivity index (χ0v) is 9.69. The molecule has 1 N–H and O–H groups in total. The zero-order valence-electron chi connectivity index (χ0n) is 9.69. The van der Waals surface area contributed by atoms with E-state index in [0.717, 1.165) is 29.0 Å². The molecule has 0 aromatic carbocycles. The van der Waals surface area contributed by atoms with Crippen LogP contribution in [0.3, 0.4) is 0 Å². The average Bonchev–Trinajstić information content (AvgIpc) is 2.90. The normalized spacial score (nSPS) is 27.8. The molecule has 1 aromatic rings. The van der Waals surface area contributed by atoms with E-state index in [4.69, 9.17) is 5.11 Å². The average molecular weight is 218 g/mol. The summed E-state index contributed by atoms with van der Waals surface area (Å²) < 4.78 is 0. The molecule has 3 rings (SSSR count). The van der Waals surface area contributed by atoms with Gasteiger partial charge in [-0.05, 0) is 43.7 Å². The Hall–Kier alpha value is -1.09. The molecule has 2 aliphatic rings. The number of piperidine rings is 1. The van der Waals surface area contributed by atoms with Gasteiger partial charge >= 0.3 is 0 Å². The maximum atomic E-state index is 9.13. The molecule has 2 heterocycles. The van der Waals surface area contributed by atoms with Crippen molar-refractivity contribution in [1.29, 1.82) is 0 Å². The molecule has 2 unspecified atom stereocenters. The van der Waals surface area contributed by atoms with Crippen LogP contribution in [0, 0.1) is 12.8 Å². The summed E-state index contributed by atoms with van der Waals surface area (Å²) in [5, 5.41) is 9.13. The monoisotopic (exact) mass is 218 g/mol. The molecule has 86 valence electrons. The van der Waals surface area contributed by atoms with Gasteiger partial charge in [0.05, 0.1) is 6.61 Å². The van der Waals surface area contributed by atoms with Crippen LogP contribution < -0.4 is 4.90 Å². The number of pyridine rings is 1. The molecule has 1 aliphatic carbocycles. The predicted octanol–water partition coefficient (Wildman–Crippen LogP) is 1.87. The lowest BCUT2D eigenvalue weighted by Crippen LogP contribution is -2.32. The minimum atomic E-state index is 0.0885. The summed E-state index contributed by atoms with van der Waals surface area (Å²) in [6.07, 6.45) is 4.07. The number of anilines is 1. The van der Waals surface area contributed by atoms with E-state index in [1.54, 1.807) is 0 Å². The zero-order chi connectivity index (χ0) is 11.1. The van der Waals surface area contributed by atoms with E-state index in [9.17, 15) is 0 Å². The summed E-state index contributed by atoms with van der Waals surface area (Å²) >= 11 is 0. The highest BCUT2D eigenvalue weighted by Gasteiger charge is 2.38. The largest absolute Gasteiger partial charge is 0.392 e. The second-order valence-corrected chi connectivity index (χ2v) is 5.06. The Morgan fingerprint density at radius 2 is 2.31 bits per heavy atom. The highest BCUT2D eigenvalue weighted by atomic mass is 16.3. The molecule has 1 saturated carbocycles. The van der Waals surface area contributed by atoms with E-state index in [1.165, 1.54) is 25.8 Å². The SMILES string of the molecule is Cc1nc(N2CC3CCC2C3)ccc1CO. The number of nitrogens with zero attached hydrogens (tertiary/aromatic N) is 2. The number of aromatic nitrogens is 1. The van der Waals surface area contributed by atoms with Crippen LogP contribution in [0.5, 0.6) is 0 Å². The minimum Gasteiger partial charge on any atom is -0.392 e. The third-order valence-corrected chi connectivity index (χ3v) is 4.05. The molecule has 2 fully saturated rings. The molecule has 1 aliphatic heterocycles. The van der Waals surface area contributed by atoms with Gasteiger partial charge in [-0.15, -0.1) is 0 Å². The summed E-state index contributed by atoms with van der Waals surface area (Å²) in [5.74, 6) is 1.99. The van der Waals surface area contributed by atoms with Gasteiger partial charge in [-0.3, -0.25) is 0 Å². The Balaban J connectivity index is 1.87. The van der Waals surface area contributed by atoms with Crippen molar-refractivity contribution in [2.45, 2.75) is 38.8 Å². The number of hydrogen-bond acceptors (Lipinski definition) is 3. The second kappa shape index (κ2) is 3.74. The fourth-order valence-electron chi connectivity index (χ4n) is 3.11. The standard InChI is InChI=1S/C13H18N2O/c1-9-11(8-16)3-5-13(14-9)15-7-10-2-4-12(15)6-10/h3,5,10,12,16H,2,4,6-8H2,1H3. The van der Waals surface area contributed by atoms with Gasteiger partial charge in [0.1, 0.15) is 5.82 Å². The molecule has 16 heavy (non-hydrogen) atoms. The quantitative estimate of drug-likeness (QED) is 0.823. The number of fused-ring (bicyclic) bond motifs is 2. The molecule has 1 aromatic heterocycles. The van der Waals surface area contributed by atoms with Crippen molar-refractivity contribution in [2.24, 2.45) is 5.92 Å². The van der Waals surface area contributed by atoms with E-state index in [0.29, 0.717) is 0 Å². The lowest BCUT2D eigenvalue weighted by Gasteiger charge is -2.28. The first-order valence-electron chi connectivity index (χ1n) is 6.12. The van der Waals surface area contributed by atoms with Crippen LogP contribution in [-0.4, -0.2) is 22.7 Å². The van der Waals surface area contributed by atoms with Crippen molar-refractivity contribution >= 4 is 5.82 Å². The second-order valence-electron chi connectivity index (χ2n) is 5.06. The summed E-state index contributed by atoms with van der Waals surface area (Å²) in [7, 11) is 0. The number of hydrogen-bond donors (Lipinski definition) is 1.